The van der Waals surface area contributed by atoms with E-state index in [-0.39, 0.29) is 17.7 Å². The van der Waals surface area contributed by atoms with E-state index in [4.69, 9.17) is 5.53 Å². The molecule has 1 aromatic rings. The van der Waals surface area contributed by atoms with Crippen LogP contribution in [0.1, 0.15) is 27.6 Å². The minimum atomic E-state index is -0.908. The molecule has 19 heavy (non-hydrogen) atoms. The van der Waals surface area contributed by atoms with Crippen molar-refractivity contribution in [1.82, 2.24) is 4.90 Å². The Labute approximate surface area is 108 Å². The number of ketones is 1. The molecular formula is C12H10N4O3. The number of Topliss-reactive ketones (excluding diaryl/α,β-unsaturated/α-hetero) is 1. The summed E-state index contributed by atoms with van der Waals surface area (Å²) in [6.07, 6.45) is 0. The van der Waals surface area contributed by atoms with Crippen LogP contribution in [0.15, 0.2) is 29.4 Å². The fourth-order valence-electron chi connectivity index (χ4n) is 1.81. The number of hydrogen-bond acceptors (Lipinski definition) is 4. The zero-order valence-electron chi connectivity index (χ0n) is 10.1. The van der Waals surface area contributed by atoms with Crippen molar-refractivity contribution in [3.8, 4) is 0 Å². The van der Waals surface area contributed by atoms with Crippen LogP contribution in [0.2, 0.25) is 0 Å². The van der Waals surface area contributed by atoms with Gasteiger partial charge in [-0.3, -0.25) is 19.3 Å². The summed E-state index contributed by atoms with van der Waals surface area (Å²) in [7, 11) is 0. The number of nitrogens with zero attached hydrogens (tertiary/aromatic N) is 4. The van der Waals surface area contributed by atoms with Gasteiger partial charge in [0.05, 0.1) is 23.7 Å². The number of hydrogen-bond donors (Lipinski definition) is 0. The molecule has 0 fully saturated rings. The van der Waals surface area contributed by atoms with E-state index in [9.17, 15) is 14.4 Å². The van der Waals surface area contributed by atoms with Crippen LogP contribution in [0, 0.1) is 0 Å². The Morgan fingerprint density at radius 3 is 2.32 bits per heavy atom. The van der Waals surface area contributed by atoms with E-state index in [2.05, 4.69) is 10.0 Å². The molecule has 2 amide bonds. The molecule has 0 aliphatic carbocycles. The number of carbonyl (C=O) groups is 3. The van der Waals surface area contributed by atoms with Gasteiger partial charge < -0.3 is 0 Å². The maximum absolute atomic E-state index is 12.0. The molecule has 0 saturated carbocycles. The second kappa shape index (κ2) is 4.91. The highest BCUT2D eigenvalue weighted by atomic mass is 16.2. The summed E-state index contributed by atoms with van der Waals surface area (Å²) in [6, 6.07) is 5.47. The summed E-state index contributed by atoms with van der Waals surface area (Å²) >= 11 is 0. The first-order valence-electron chi connectivity index (χ1n) is 5.58. The van der Waals surface area contributed by atoms with E-state index in [0.29, 0.717) is 0 Å². The lowest BCUT2D eigenvalue weighted by Crippen LogP contribution is -2.37. The highest BCUT2D eigenvalue weighted by molar-refractivity contribution is 6.22. The Morgan fingerprint density at radius 2 is 1.84 bits per heavy atom. The Bertz CT molecular complexity index is 584. The Hall–Kier alpha value is -2.66. The number of benzene rings is 1. The van der Waals surface area contributed by atoms with Crippen molar-refractivity contribution >= 4 is 17.6 Å². The summed E-state index contributed by atoms with van der Waals surface area (Å²) in [5, 5.41) is 3.25. The maximum Gasteiger partial charge on any atom is 0.261 e. The van der Waals surface area contributed by atoms with Gasteiger partial charge in [0.2, 0.25) is 0 Å². The summed E-state index contributed by atoms with van der Waals surface area (Å²) in [5.74, 6) is -1.48. The topological polar surface area (TPSA) is 103 Å². The summed E-state index contributed by atoms with van der Waals surface area (Å²) in [4.78, 5) is 39.1. The van der Waals surface area contributed by atoms with Gasteiger partial charge in [0.25, 0.3) is 11.8 Å². The lowest BCUT2D eigenvalue weighted by atomic mass is 10.1. The first kappa shape index (κ1) is 12.8. The lowest BCUT2D eigenvalue weighted by Gasteiger charge is -2.13. The van der Waals surface area contributed by atoms with Gasteiger partial charge in [0.1, 0.15) is 0 Å². The summed E-state index contributed by atoms with van der Waals surface area (Å²) in [6.45, 7) is 1.03. The van der Waals surface area contributed by atoms with Crippen LogP contribution >= 0.6 is 0 Å². The molecule has 1 aliphatic rings. The van der Waals surface area contributed by atoms with Gasteiger partial charge in [-0.25, -0.2) is 0 Å². The van der Waals surface area contributed by atoms with E-state index >= 15 is 0 Å². The molecule has 1 unspecified atom stereocenters. The molecule has 96 valence electrons. The fourth-order valence-corrected chi connectivity index (χ4v) is 1.81. The van der Waals surface area contributed by atoms with E-state index in [1.165, 1.54) is 19.1 Å². The summed E-state index contributed by atoms with van der Waals surface area (Å²) < 4.78 is 0. The van der Waals surface area contributed by atoms with Crippen LogP contribution in [-0.2, 0) is 4.79 Å². The van der Waals surface area contributed by atoms with Crippen LogP contribution in [-0.4, -0.2) is 35.1 Å². The zero-order valence-corrected chi connectivity index (χ0v) is 10.1. The number of azide groups is 1. The van der Waals surface area contributed by atoms with E-state index in [1.807, 2.05) is 0 Å². The number of fused-ring (bicyclic) bond motifs is 1. The monoisotopic (exact) mass is 258 g/mol. The van der Waals surface area contributed by atoms with Crippen LogP contribution in [0.5, 0.6) is 0 Å². The predicted octanol–water partition coefficient (Wildman–Crippen LogP) is 1.55. The van der Waals surface area contributed by atoms with E-state index in [1.54, 1.807) is 12.1 Å². The minimum Gasteiger partial charge on any atom is -0.297 e. The van der Waals surface area contributed by atoms with Crippen molar-refractivity contribution in [3.05, 3.63) is 45.8 Å². The molecule has 1 atom stereocenters. The third-order valence-corrected chi connectivity index (χ3v) is 2.88. The van der Waals surface area contributed by atoms with Crippen LogP contribution in [0.25, 0.3) is 10.4 Å². The quantitative estimate of drug-likeness (QED) is 0.354. The Kier molecular flexibility index (Phi) is 3.31. The molecule has 0 spiro atoms. The highest BCUT2D eigenvalue weighted by Crippen LogP contribution is 2.22. The van der Waals surface area contributed by atoms with Crippen molar-refractivity contribution in [1.29, 1.82) is 0 Å². The molecule has 1 aromatic carbocycles. The van der Waals surface area contributed by atoms with Gasteiger partial charge in [-0.05, 0) is 24.6 Å². The van der Waals surface area contributed by atoms with Crippen LogP contribution in [0.4, 0.5) is 0 Å². The molecule has 0 bridgehead atoms. The maximum atomic E-state index is 12.0. The van der Waals surface area contributed by atoms with Gasteiger partial charge in [0, 0.05) is 4.91 Å². The number of amides is 2. The average Bonchev–Trinajstić information content (AvgIpc) is 2.65. The fraction of sp³-hybridized carbons (Fsp3) is 0.250. The van der Waals surface area contributed by atoms with Crippen molar-refractivity contribution in [2.24, 2.45) is 5.11 Å². The first-order valence-corrected chi connectivity index (χ1v) is 5.58. The Balaban J connectivity index is 2.21. The van der Waals surface area contributed by atoms with Crippen molar-refractivity contribution in [2.75, 3.05) is 6.54 Å². The molecule has 2 rings (SSSR count). The largest absolute Gasteiger partial charge is 0.297 e. The number of imide groups is 1. The van der Waals surface area contributed by atoms with Crippen LogP contribution in [0.3, 0.4) is 0 Å². The van der Waals surface area contributed by atoms with Gasteiger partial charge in [-0.15, -0.1) is 0 Å². The van der Waals surface area contributed by atoms with Crippen molar-refractivity contribution < 1.29 is 14.4 Å². The smallest absolute Gasteiger partial charge is 0.261 e. The molecule has 1 heterocycles. The van der Waals surface area contributed by atoms with Gasteiger partial charge in [-0.2, -0.15) is 0 Å². The third-order valence-electron chi connectivity index (χ3n) is 2.88. The minimum absolute atomic E-state index is 0.289. The molecule has 0 N–H and O–H groups in total. The molecule has 7 nitrogen and oxygen atoms in total. The number of carbonyl (C=O) groups excluding carboxylic acids is 3. The molecular weight excluding hydrogens is 248 g/mol. The average molecular weight is 258 g/mol. The number of rotatable bonds is 4. The molecule has 7 heteroatoms. The van der Waals surface area contributed by atoms with Crippen molar-refractivity contribution in [2.45, 2.75) is 13.0 Å². The normalized spacial score (nSPS) is 14.9. The Morgan fingerprint density at radius 1 is 1.32 bits per heavy atom. The molecule has 0 radical (unpaired) electrons. The van der Waals surface area contributed by atoms with Crippen molar-refractivity contribution in [3.63, 3.8) is 0 Å². The molecule has 0 aromatic heterocycles. The molecule has 0 saturated heterocycles. The zero-order chi connectivity index (χ0) is 14.0. The van der Waals surface area contributed by atoms with Crippen LogP contribution < -0.4 is 0 Å². The summed E-state index contributed by atoms with van der Waals surface area (Å²) in [5.41, 5.74) is 8.83. The van der Waals surface area contributed by atoms with Gasteiger partial charge in [0.15, 0.2) is 5.78 Å². The predicted molar refractivity (Wildman–Crippen MR) is 65.4 cm³/mol. The van der Waals surface area contributed by atoms with E-state index in [0.717, 1.165) is 4.90 Å². The highest BCUT2D eigenvalue weighted by Gasteiger charge is 2.36. The first-order chi connectivity index (χ1) is 9.06. The van der Waals surface area contributed by atoms with Gasteiger partial charge >= 0.3 is 0 Å². The molecule has 1 aliphatic heterocycles. The second-order valence-electron chi connectivity index (χ2n) is 4.09. The van der Waals surface area contributed by atoms with E-state index < -0.39 is 23.6 Å². The second-order valence-corrected chi connectivity index (χ2v) is 4.09. The SMILES string of the molecule is CC(N=[N+]=[N-])C(=O)CN1C(=O)c2ccccc2C1=O. The lowest BCUT2D eigenvalue weighted by molar-refractivity contribution is -0.120. The van der Waals surface area contributed by atoms with Gasteiger partial charge in [-0.1, -0.05) is 17.2 Å². The standard InChI is InChI=1S/C12H10N4O3/c1-7(14-15-13)10(17)6-16-11(18)8-4-2-3-5-9(8)12(16)19/h2-5,7H,6H2,1H3. The third kappa shape index (κ3) is 2.19.